The Morgan fingerprint density at radius 1 is 1.15 bits per heavy atom. The van der Waals surface area contributed by atoms with Crippen LogP contribution in [0.5, 0.6) is 0 Å². The van der Waals surface area contributed by atoms with Crippen molar-refractivity contribution < 1.29 is 0 Å². The largest absolute Gasteiger partial charge is 0.326 e. The molecule has 0 unspecified atom stereocenters. The van der Waals surface area contributed by atoms with E-state index < -0.39 is 0 Å². The lowest BCUT2D eigenvalue weighted by Crippen LogP contribution is -2.28. The Morgan fingerprint density at radius 3 is 2.35 bits per heavy atom. The van der Waals surface area contributed by atoms with Gasteiger partial charge in [-0.25, -0.2) is 0 Å². The number of rotatable bonds is 4. The van der Waals surface area contributed by atoms with Gasteiger partial charge in [-0.3, -0.25) is 4.79 Å². The summed E-state index contributed by atoms with van der Waals surface area (Å²) in [5, 5.41) is 0.685. The van der Waals surface area contributed by atoms with Gasteiger partial charge in [-0.2, -0.15) is 0 Å². The van der Waals surface area contributed by atoms with Crippen LogP contribution in [-0.4, -0.2) is 4.57 Å². The predicted molar refractivity (Wildman–Crippen MR) is 83.9 cm³/mol. The third-order valence-electron chi connectivity index (χ3n) is 3.16. The van der Waals surface area contributed by atoms with Crippen molar-refractivity contribution in [3.63, 3.8) is 0 Å². The van der Waals surface area contributed by atoms with Crippen LogP contribution < -0.4 is 11.3 Å². The van der Waals surface area contributed by atoms with Gasteiger partial charge in [-0.1, -0.05) is 43.6 Å². The van der Waals surface area contributed by atoms with Crippen LogP contribution in [0, 0.1) is 5.92 Å². The molecule has 0 fully saturated rings. The van der Waals surface area contributed by atoms with E-state index in [1.807, 2.05) is 36.4 Å². The highest BCUT2D eigenvalue weighted by Crippen LogP contribution is 2.21. The van der Waals surface area contributed by atoms with Crippen LogP contribution in [0.15, 0.2) is 41.2 Å². The number of pyridine rings is 1. The summed E-state index contributed by atoms with van der Waals surface area (Å²) in [5.41, 5.74) is 8.15. The van der Waals surface area contributed by atoms with E-state index in [1.165, 1.54) is 0 Å². The molecule has 2 rings (SSSR count). The maximum Gasteiger partial charge on any atom is 0.255 e. The molecule has 0 aliphatic heterocycles. The average Bonchev–Trinajstić information content (AvgIpc) is 2.42. The maximum atomic E-state index is 12.5. The molecule has 20 heavy (non-hydrogen) atoms. The lowest BCUT2D eigenvalue weighted by atomic mass is 10.1. The summed E-state index contributed by atoms with van der Waals surface area (Å²) in [6, 6.07) is 11.3. The van der Waals surface area contributed by atoms with Crippen LogP contribution in [0.4, 0.5) is 0 Å². The smallest absolute Gasteiger partial charge is 0.255 e. The van der Waals surface area contributed by atoms with Gasteiger partial charge in [0.1, 0.15) is 0 Å². The van der Waals surface area contributed by atoms with Gasteiger partial charge in [0, 0.05) is 23.7 Å². The minimum Gasteiger partial charge on any atom is -0.326 e. The van der Waals surface area contributed by atoms with Gasteiger partial charge < -0.3 is 10.3 Å². The number of benzene rings is 1. The number of nitrogens with two attached hydrogens (primary N) is 1. The minimum absolute atomic E-state index is 0.00588. The van der Waals surface area contributed by atoms with Gasteiger partial charge >= 0.3 is 0 Å². The van der Waals surface area contributed by atoms with Crippen molar-refractivity contribution in [1.29, 1.82) is 0 Å². The molecule has 0 saturated heterocycles. The van der Waals surface area contributed by atoms with Crippen molar-refractivity contribution in [2.75, 3.05) is 0 Å². The highest BCUT2D eigenvalue weighted by atomic mass is 35.5. The molecule has 0 aliphatic rings. The number of aromatic nitrogens is 1. The molecular weight excluding hydrogens is 272 g/mol. The molecule has 0 aliphatic carbocycles. The predicted octanol–water partition coefficient (Wildman–Crippen LogP) is 3.28. The SMILES string of the molecule is CC(C)Cn1c(-c2ccc(Cl)cc2)ccc(CN)c1=O. The highest BCUT2D eigenvalue weighted by molar-refractivity contribution is 6.30. The average molecular weight is 291 g/mol. The van der Waals surface area contributed by atoms with E-state index in [2.05, 4.69) is 13.8 Å². The lowest BCUT2D eigenvalue weighted by molar-refractivity contribution is 0.512. The van der Waals surface area contributed by atoms with Crippen molar-refractivity contribution >= 4 is 11.6 Å². The second-order valence-electron chi connectivity index (χ2n) is 5.26. The van der Waals surface area contributed by atoms with E-state index in [-0.39, 0.29) is 12.1 Å². The quantitative estimate of drug-likeness (QED) is 0.939. The fraction of sp³-hybridized carbons (Fsp3) is 0.312. The Balaban J connectivity index is 2.60. The van der Waals surface area contributed by atoms with Crippen molar-refractivity contribution in [3.05, 3.63) is 57.3 Å². The van der Waals surface area contributed by atoms with Crippen molar-refractivity contribution in [1.82, 2.24) is 4.57 Å². The van der Waals surface area contributed by atoms with E-state index in [0.717, 1.165) is 11.3 Å². The number of nitrogens with zero attached hydrogens (tertiary/aromatic N) is 1. The first-order valence-electron chi connectivity index (χ1n) is 6.71. The van der Waals surface area contributed by atoms with Crippen molar-refractivity contribution in [2.24, 2.45) is 11.7 Å². The van der Waals surface area contributed by atoms with E-state index in [4.69, 9.17) is 17.3 Å². The zero-order valence-electron chi connectivity index (χ0n) is 11.8. The zero-order valence-corrected chi connectivity index (χ0v) is 12.5. The number of hydrogen-bond acceptors (Lipinski definition) is 2. The molecule has 0 atom stereocenters. The first-order valence-corrected chi connectivity index (χ1v) is 7.09. The first-order chi connectivity index (χ1) is 9.52. The van der Waals surface area contributed by atoms with Gasteiger partial charge in [0.05, 0.1) is 5.69 Å². The van der Waals surface area contributed by atoms with Gasteiger partial charge in [0.15, 0.2) is 0 Å². The molecule has 0 amide bonds. The summed E-state index contributed by atoms with van der Waals surface area (Å²) >= 11 is 5.92. The van der Waals surface area contributed by atoms with Gasteiger partial charge in [0.25, 0.3) is 5.56 Å². The van der Waals surface area contributed by atoms with E-state index in [1.54, 1.807) is 4.57 Å². The van der Waals surface area contributed by atoms with Crippen molar-refractivity contribution in [2.45, 2.75) is 26.9 Å². The van der Waals surface area contributed by atoms with E-state index in [9.17, 15) is 4.79 Å². The van der Waals surface area contributed by atoms with Crippen LogP contribution in [0.2, 0.25) is 5.02 Å². The Morgan fingerprint density at radius 2 is 1.80 bits per heavy atom. The summed E-state index contributed by atoms with van der Waals surface area (Å²) < 4.78 is 1.80. The van der Waals surface area contributed by atoms with Crippen LogP contribution in [-0.2, 0) is 13.1 Å². The molecular formula is C16H19ClN2O. The molecule has 1 aromatic heterocycles. The van der Waals surface area contributed by atoms with Crippen LogP contribution in [0.1, 0.15) is 19.4 Å². The molecule has 0 spiro atoms. The van der Waals surface area contributed by atoms with Crippen LogP contribution in [0.3, 0.4) is 0 Å². The molecule has 0 bridgehead atoms. The summed E-state index contributed by atoms with van der Waals surface area (Å²) in [6.45, 7) is 5.11. The number of halogens is 1. The molecule has 1 aromatic carbocycles. The molecule has 106 valence electrons. The van der Waals surface area contributed by atoms with E-state index >= 15 is 0 Å². The Kier molecular flexibility index (Phi) is 4.63. The van der Waals surface area contributed by atoms with Crippen molar-refractivity contribution in [3.8, 4) is 11.3 Å². The molecule has 4 heteroatoms. The fourth-order valence-corrected chi connectivity index (χ4v) is 2.32. The van der Waals surface area contributed by atoms with Gasteiger partial charge in [-0.15, -0.1) is 0 Å². The molecule has 3 nitrogen and oxygen atoms in total. The standard InChI is InChI=1S/C16H19ClN2O/c1-11(2)10-19-15(8-5-13(9-18)16(19)20)12-3-6-14(17)7-4-12/h3-8,11H,9-10,18H2,1-2H3. The minimum atomic E-state index is -0.00588. The maximum absolute atomic E-state index is 12.5. The summed E-state index contributed by atoms with van der Waals surface area (Å²) in [5.74, 6) is 0.381. The monoisotopic (exact) mass is 290 g/mol. The molecule has 1 heterocycles. The third-order valence-corrected chi connectivity index (χ3v) is 3.41. The summed E-state index contributed by atoms with van der Waals surface area (Å²) in [7, 11) is 0. The molecule has 0 saturated carbocycles. The van der Waals surface area contributed by atoms with E-state index in [0.29, 0.717) is 23.0 Å². The third kappa shape index (κ3) is 3.11. The lowest BCUT2D eigenvalue weighted by Gasteiger charge is -2.16. The zero-order chi connectivity index (χ0) is 14.7. The fourth-order valence-electron chi connectivity index (χ4n) is 2.20. The molecule has 0 radical (unpaired) electrons. The van der Waals surface area contributed by atoms with Crippen LogP contribution in [0.25, 0.3) is 11.3 Å². The summed E-state index contributed by atoms with van der Waals surface area (Å²) in [6.07, 6.45) is 0. The van der Waals surface area contributed by atoms with Gasteiger partial charge in [0.2, 0.25) is 0 Å². The molecule has 2 N–H and O–H groups in total. The van der Waals surface area contributed by atoms with Crippen LogP contribution >= 0.6 is 11.6 Å². The Labute approximate surface area is 124 Å². The first kappa shape index (κ1) is 14.8. The normalized spacial score (nSPS) is 11.1. The Hall–Kier alpha value is -1.58. The number of hydrogen-bond donors (Lipinski definition) is 1. The van der Waals surface area contributed by atoms with Gasteiger partial charge in [-0.05, 0) is 29.7 Å². The highest BCUT2D eigenvalue weighted by Gasteiger charge is 2.11. The summed E-state index contributed by atoms with van der Waals surface area (Å²) in [4.78, 5) is 12.5. The topological polar surface area (TPSA) is 48.0 Å². The Bertz CT molecular complexity index is 645. The second-order valence-corrected chi connectivity index (χ2v) is 5.70. The molecule has 2 aromatic rings. The second kappa shape index (κ2) is 6.25.